The summed E-state index contributed by atoms with van der Waals surface area (Å²) in [7, 11) is 0. The van der Waals surface area contributed by atoms with Crippen LogP contribution >= 0.6 is 0 Å². The standard InChI is InChI=1S/C17H21N5O6/c1-9(2)16(26)27-8-21-7-20-22-10(4-5-11(22)15(21)18)13-12(24)14(25)17(6-23,19-3)28-13/h4-5,7,9,12-14,18,23-25H,6,8H2,1-2H3/t12-,13-,14-,17+/m0/s1. The van der Waals surface area contributed by atoms with Crippen LogP contribution in [-0.2, 0) is 21.0 Å². The van der Waals surface area contributed by atoms with E-state index < -0.39 is 36.6 Å². The number of rotatable bonds is 5. The molecule has 1 saturated heterocycles. The van der Waals surface area contributed by atoms with E-state index in [0.29, 0.717) is 11.2 Å². The van der Waals surface area contributed by atoms with Crippen molar-refractivity contribution >= 4 is 11.5 Å². The molecule has 0 saturated carbocycles. The Bertz CT molecular complexity index is 992. The molecule has 3 heterocycles. The van der Waals surface area contributed by atoms with Crippen molar-refractivity contribution < 1.29 is 29.6 Å². The largest absolute Gasteiger partial charge is 0.444 e. The van der Waals surface area contributed by atoms with Crippen LogP contribution in [0.2, 0.25) is 0 Å². The average Bonchev–Trinajstić information content (AvgIpc) is 3.22. The summed E-state index contributed by atoms with van der Waals surface area (Å²) in [5.74, 6) is -0.702. The van der Waals surface area contributed by atoms with Crippen LogP contribution < -0.4 is 5.49 Å². The Balaban J connectivity index is 1.93. The maximum atomic E-state index is 11.6. The Morgan fingerprint density at radius 1 is 1.50 bits per heavy atom. The van der Waals surface area contributed by atoms with Gasteiger partial charge in [-0.1, -0.05) is 13.8 Å². The average molecular weight is 391 g/mol. The fourth-order valence-electron chi connectivity index (χ4n) is 2.97. The predicted octanol–water partition coefficient (Wildman–Crippen LogP) is -0.827. The van der Waals surface area contributed by atoms with Gasteiger partial charge in [0.1, 0.15) is 24.1 Å². The van der Waals surface area contributed by atoms with Crippen molar-refractivity contribution in [2.45, 2.75) is 44.6 Å². The van der Waals surface area contributed by atoms with Gasteiger partial charge in [0, 0.05) is 0 Å². The van der Waals surface area contributed by atoms with E-state index in [-0.39, 0.29) is 18.1 Å². The van der Waals surface area contributed by atoms with E-state index in [1.807, 2.05) is 0 Å². The monoisotopic (exact) mass is 391 g/mol. The summed E-state index contributed by atoms with van der Waals surface area (Å²) >= 11 is 0. The van der Waals surface area contributed by atoms with Crippen molar-refractivity contribution in [1.82, 2.24) is 14.2 Å². The lowest BCUT2D eigenvalue weighted by Crippen LogP contribution is -2.43. The molecule has 4 atom stereocenters. The lowest BCUT2D eigenvalue weighted by atomic mass is 10.0. The summed E-state index contributed by atoms with van der Waals surface area (Å²) in [5.41, 5.74) is -1.31. The minimum absolute atomic E-state index is 0.00411. The Morgan fingerprint density at radius 2 is 2.21 bits per heavy atom. The van der Waals surface area contributed by atoms with Crippen LogP contribution in [0.15, 0.2) is 18.5 Å². The van der Waals surface area contributed by atoms with Crippen LogP contribution in [0.1, 0.15) is 25.6 Å². The summed E-state index contributed by atoms with van der Waals surface area (Å²) in [5, 5.41) is 42.4. The Morgan fingerprint density at radius 3 is 2.79 bits per heavy atom. The van der Waals surface area contributed by atoms with Crippen molar-refractivity contribution in [2.75, 3.05) is 6.61 Å². The van der Waals surface area contributed by atoms with Gasteiger partial charge in [0.25, 0.3) is 0 Å². The van der Waals surface area contributed by atoms with Crippen molar-refractivity contribution in [3.8, 4) is 0 Å². The molecule has 0 aromatic carbocycles. The van der Waals surface area contributed by atoms with E-state index >= 15 is 0 Å². The van der Waals surface area contributed by atoms with Gasteiger partial charge in [-0.05, 0) is 12.1 Å². The van der Waals surface area contributed by atoms with Crippen LogP contribution in [-0.4, -0.2) is 60.0 Å². The SMILES string of the molecule is [C-]#[N+][C@]1(CO)O[C@@H](c2ccc3c(=N)n(COC(=O)C(C)C)cnn23)[C@H](O)[C@@H]1O. The Labute approximate surface area is 159 Å². The minimum Gasteiger partial charge on any atom is -0.444 e. The van der Waals surface area contributed by atoms with Gasteiger partial charge in [0.15, 0.2) is 24.9 Å². The Hall–Kier alpha value is -2.78. The number of fused-ring (bicyclic) bond motifs is 1. The Kier molecular flexibility index (Phi) is 5.22. The number of nitrogens with zero attached hydrogens (tertiary/aromatic N) is 4. The molecule has 4 N–H and O–H groups in total. The van der Waals surface area contributed by atoms with E-state index in [0.717, 1.165) is 0 Å². The zero-order valence-electron chi connectivity index (χ0n) is 15.3. The highest BCUT2D eigenvalue weighted by Gasteiger charge is 2.61. The lowest BCUT2D eigenvalue weighted by molar-refractivity contribution is -0.151. The first kappa shape index (κ1) is 20.0. The van der Waals surface area contributed by atoms with Gasteiger partial charge in [-0.2, -0.15) is 5.10 Å². The van der Waals surface area contributed by atoms with Gasteiger partial charge < -0.3 is 20.1 Å². The minimum atomic E-state index is -1.96. The number of ether oxygens (including phenoxy) is 2. The van der Waals surface area contributed by atoms with E-state index in [1.54, 1.807) is 26.0 Å². The molecule has 1 aliphatic rings. The smallest absolute Gasteiger partial charge is 0.389 e. The number of hydrogen-bond acceptors (Lipinski definition) is 8. The molecular weight excluding hydrogens is 370 g/mol. The molecule has 0 radical (unpaired) electrons. The number of esters is 1. The summed E-state index contributed by atoms with van der Waals surface area (Å²) in [4.78, 5) is 14.8. The molecule has 2 aromatic heterocycles. The molecule has 0 amide bonds. The highest BCUT2D eigenvalue weighted by Crippen LogP contribution is 2.40. The second kappa shape index (κ2) is 7.33. The number of carbonyl (C=O) groups excluding carboxylic acids is 1. The van der Waals surface area contributed by atoms with Crippen molar-refractivity contribution in [3.63, 3.8) is 0 Å². The van der Waals surface area contributed by atoms with Crippen LogP contribution in [0.4, 0.5) is 0 Å². The van der Waals surface area contributed by atoms with Crippen molar-refractivity contribution in [1.29, 1.82) is 5.41 Å². The third kappa shape index (κ3) is 3.06. The van der Waals surface area contributed by atoms with Crippen molar-refractivity contribution in [2.24, 2.45) is 5.92 Å². The molecule has 1 aliphatic heterocycles. The fraction of sp³-hybridized carbons (Fsp3) is 0.529. The van der Waals surface area contributed by atoms with Crippen LogP contribution in [0.5, 0.6) is 0 Å². The quantitative estimate of drug-likeness (QED) is 0.384. The molecule has 11 heteroatoms. The number of nitrogens with one attached hydrogen (secondary N) is 1. The summed E-state index contributed by atoms with van der Waals surface area (Å²) in [6, 6.07) is 3.10. The molecule has 3 rings (SSSR count). The number of carbonyl (C=O) groups is 1. The van der Waals surface area contributed by atoms with Gasteiger partial charge in [-0.3, -0.25) is 24.4 Å². The predicted molar refractivity (Wildman–Crippen MR) is 92.2 cm³/mol. The summed E-state index contributed by atoms with van der Waals surface area (Å²) in [6.45, 7) is 9.63. The molecule has 0 spiro atoms. The first-order valence-corrected chi connectivity index (χ1v) is 8.57. The van der Waals surface area contributed by atoms with Gasteiger partial charge in [0.2, 0.25) is 0 Å². The molecule has 0 bridgehead atoms. The summed E-state index contributed by atoms with van der Waals surface area (Å²) < 4.78 is 13.3. The molecule has 150 valence electrons. The van der Waals surface area contributed by atoms with Crippen LogP contribution in [0.3, 0.4) is 0 Å². The second-order valence-electron chi connectivity index (χ2n) is 6.84. The first-order chi connectivity index (χ1) is 13.3. The highest BCUT2D eigenvalue weighted by molar-refractivity contribution is 5.71. The molecule has 2 aromatic rings. The normalized spacial score (nSPS) is 27.2. The van der Waals surface area contributed by atoms with Crippen LogP contribution in [0.25, 0.3) is 10.4 Å². The molecule has 1 fully saturated rings. The highest BCUT2D eigenvalue weighted by atomic mass is 16.6. The number of aliphatic hydroxyl groups is 3. The topological polar surface area (TPSA) is 147 Å². The van der Waals surface area contributed by atoms with Gasteiger partial charge in [0.05, 0.1) is 11.6 Å². The molecular formula is C17H21N5O6. The number of aliphatic hydroxyl groups excluding tert-OH is 3. The third-order valence-electron chi connectivity index (χ3n) is 4.67. The van der Waals surface area contributed by atoms with E-state index in [9.17, 15) is 20.1 Å². The van der Waals surface area contributed by atoms with Gasteiger partial charge in [-0.15, -0.1) is 0 Å². The first-order valence-electron chi connectivity index (χ1n) is 8.57. The molecule has 28 heavy (non-hydrogen) atoms. The van der Waals surface area contributed by atoms with E-state index in [2.05, 4.69) is 9.94 Å². The van der Waals surface area contributed by atoms with Gasteiger partial charge in [-0.25, -0.2) is 11.1 Å². The maximum Gasteiger partial charge on any atom is 0.389 e. The van der Waals surface area contributed by atoms with Crippen LogP contribution in [0, 0.1) is 17.9 Å². The van der Waals surface area contributed by atoms with E-state index in [1.165, 1.54) is 15.4 Å². The molecule has 0 aliphatic carbocycles. The van der Waals surface area contributed by atoms with Crippen molar-refractivity contribution in [3.05, 3.63) is 41.1 Å². The zero-order chi connectivity index (χ0) is 20.6. The van der Waals surface area contributed by atoms with Gasteiger partial charge >= 0.3 is 11.7 Å². The fourth-order valence-corrected chi connectivity index (χ4v) is 2.97. The van der Waals surface area contributed by atoms with E-state index in [4.69, 9.17) is 21.5 Å². The lowest BCUT2D eigenvalue weighted by Gasteiger charge is -2.16. The third-order valence-corrected chi connectivity index (χ3v) is 4.67. The summed E-state index contributed by atoms with van der Waals surface area (Å²) in [6.07, 6.45) is -2.90. The number of hydrogen-bond donors (Lipinski definition) is 4. The number of aromatic nitrogens is 3. The molecule has 0 unspecified atom stereocenters. The maximum absolute atomic E-state index is 11.6. The zero-order valence-corrected chi connectivity index (χ0v) is 15.3. The molecule has 11 nitrogen and oxygen atoms in total. The second-order valence-corrected chi connectivity index (χ2v) is 6.84.